The molecule has 0 unspecified atom stereocenters. The topological polar surface area (TPSA) is 99.9 Å². The largest absolute Gasteiger partial charge is 0.497 e. The van der Waals surface area contributed by atoms with Crippen LogP contribution in [0.2, 0.25) is 0 Å². The van der Waals surface area contributed by atoms with Gasteiger partial charge in [0.05, 0.1) is 7.11 Å². The van der Waals surface area contributed by atoms with Crippen LogP contribution < -0.4 is 14.8 Å². The summed E-state index contributed by atoms with van der Waals surface area (Å²) in [5.74, 6) is 1.63. The maximum Gasteiger partial charge on any atom is 0.415 e. The predicted octanol–water partition coefficient (Wildman–Crippen LogP) is 5.82. The Hall–Kier alpha value is -4.33. The molecule has 1 saturated heterocycles. The van der Waals surface area contributed by atoms with Gasteiger partial charge in [-0.25, -0.2) is 4.79 Å². The number of nitrogens with zero attached hydrogens (tertiary/aromatic N) is 1. The molecule has 5 rings (SSSR count). The summed E-state index contributed by atoms with van der Waals surface area (Å²) in [6, 6.07) is 19.1. The molecule has 1 N–H and O–H groups in total. The molecule has 2 amide bonds. The van der Waals surface area contributed by atoms with E-state index in [1.54, 1.807) is 14.0 Å². The van der Waals surface area contributed by atoms with E-state index in [1.807, 2.05) is 54.6 Å². The lowest BCUT2D eigenvalue weighted by molar-refractivity contribution is -0.129. The number of carbonyl (C=O) groups excluding carboxylic acids is 2. The molecule has 8 nitrogen and oxygen atoms in total. The number of aromatic nitrogens is 1. The molecule has 36 heavy (non-hydrogen) atoms. The zero-order valence-electron chi connectivity index (χ0n) is 20.3. The number of aryl methyl sites for hydroxylation is 1. The maximum absolute atomic E-state index is 12.1. The van der Waals surface area contributed by atoms with Crippen molar-refractivity contribution in [3.8, 4) is 28.5 Å². The molecule has 1 aromatic heterocycles. The number of benzene rings is 3. The number of carbonyl (C=O) groups is 2. The maximum atomic E-state index is 12.1. The quantitative estimate of drug-likeness (QED) is 0.335. The van der Waals surface area contributed by atoms with Crippen LogP contribution >= 0.6 is 0 Å². The van der Waals surface area contributed by atoms with Crippen molar-refractivity contribution in [2.45, 2.75) is 38.7 Å². The number of rotatable bonds is 8. The van der Waals surface area contributed by atoms with E-state index in [0.29, 0.717) is 17.1 Å². The number of ether oxygens (including phenoxy) is 3. The molecule has 2 heterocycles. The van der Waals surface area contributed by atoms with E-state index < -0.39 is 17.6 Å². The second-order valence-electron chi connectivity index (χ2n) is 8.97. The summed E-state index contributed by atoms with van der Waals surface area (Å²) in [4.78, 5) is 23.6. The van der Waals surface area contributed by atoms with E-state index in [2.05, 4.69) is 23.5 Å². The molecule has 4 aromatic rings. The van der Waals surface area contributed by atoms with E-state index in [0.717, 1.165) is 46.4 Å². The van der Waals surface area contributed by atoms with Gasteiger partial charge in [-0.1, -0.05) is 30.6 Å². The number of hydrogen-bond donors (Lipinski definition) is 1. The number of fused-ring (bicyclic) bond motifs is 1. The molecule has 0 bridgehead atoms. The number of imide groups is 1. The molecule has 1 atom stereocenters. The Morgan fingerprint density at radius 1 is 1.03 bits per heavy atom. The molecule has 3 aromatic carbocycles. The highest BCUT2D eigenvalue weighted by Crippen LogP contribution is 2.35. The van der Waals surface area contributed by atoms with E-state index in [9.17, 15) is 9.59 Å². The first kappa shape index (κ1) is 23.4. The van der Waals surface area contributed by atoms with Gasteiger partial charge in [-0.15, -0.1) is 0 Å². The molecule has 0 aliphatic carbocycles. The number of nitrogens with one attached hydrogen (secondary N) is 1. The summed E-state index contributed by atoms with van der Waals surface area (Å²) in [5, 5.41) is 7.39. The normalized spacial score (nSPS) is 17.2. The molecule has 1 fully saturated rings. The fourth-order valence-electron chi connectivity index (χ4n) is 4.40. The summed E-state index contributed by atoms with van der Waals surface area (Å²) in [7, 11) is 1.62. The lowest BCUT2D eigenvalue weighted by Crippen LogP contribution is -2.38. The first-order valence-electron chi connectivity index (χ1n) is 11.8. The third-order valence-electron chi connectivity index (χ3n) is 6.21. The Balaban J connectivity index is 1.41. The van der Waals surface area contributed by atoms with Gasteiger partial charge in [0.2, 0.25) is 0 Å². The summed E-state index contributed by atoms with van der Waals surface area (Å²) in [5.41, 5.74) is 2.98. The standard InChI is InChI=1S/C28H26N2O6/c1-4-6-18-14-19(25-22-11-10-20(33-3)15-24(22)36-30-25)9-12-23(18)34-21-8-5-7-17(13-21)16-28(2)26(31)29-27(32)35-28/h5,7-15H,4,6,16H2,1-3H3,(H,29,31,32)/t28-/m1/s1. The van der Waals surface area contributed by atoms with Gasteiger partial charge < -0.3 is 18.7 Å². The average Bonchev–Trinajstić information content (AvgIpc) is 3.39. The Morgan fingerprint density at radius 2 is 1.89 bits per heavy atom. The lowest BCUT2D eigenvalue weighted by Gasteiger charge is -2.19. The van der Waals surface area contributed by atoms with Crippen molar-refractivity contribution in [1.82, 2.24) is 10.5 Å². The predicted molar refractivity (Wildman–Crippen MR) is 133 cm³/mol. The van der Waals surface area contributed by atoms with Crippen molar-refractivity contribution in [3.63, 3.8) is 0 Å². The average molecular weight is 487 g/mol. The third kappa shape index (κ3) is 4.49. The molecule has 0 spiro atoms. The van der Waals surface area contributed by atoms with Crippen LogP contribution in [-0.2, 0) is 22.4 Å². The van der Waals surface area contributed by atoms with Gasteiger partial charge >= 0.3 is 6.09 Å². The van der Waals surface area contributed by atoms with E-state index in [4.69, 9.17) is 18.7 Å². The van der Waals surface area contributed by atoms with Crippen LogP contribution in [0.25, 0.3) is 22.2 Å². The van der Waals surface area contributed by atoms with Crippen molar-refractivity contribution >= 4 is 23.0 Å². The second kappa shape index (κ2) is 9.37. The molecule has 8 heteroatoms. The van der Waals surface area contributed by atoms with Crippen molar-refractivity contribution in [3.05, 3.63) is 71.8 Å². The van der Waals surface area contributed by atoms with Crippen LogP contribution in [0.3, 0.4) is 0 Å². The molecule has 1 aliphatic heterocycles. The van der Waals surface area contributed by atoms with E-state index in [-0.39, 0.29) is 6.42 Å². The Bertz CT molecular complexity index is 1460. The second-order valence-corrected chi connectivity index (χ2v) is 8.97. The number of methoxy groups -OCH3 is 1. The zero-order chi connectivity index (χ0) is 25.3. The van der Waals surface area contributed by atoms with Crippen molar-refractivity contribution in [2.24, 2.45) is 0 Å². The SMILES string of the molecule is CCCc1cc(-c2noc3cc(OC)ccc23)ccc1Oc1cccc(C[C@@]2(C)OC(=O)NC2=O)c1. The van der Waals surface area contributed by atoms with Crippen LogP contribution in [-0.4, -0.2) is 29.9 Å². The highest BCUT2D eigenvalue weighted by molar-refractivity contribution is 6.02. The minimum atomic E-state index is -1.24. The molecule has 0 saturated carbocycles. The smallest absolute Gasteiger partial charge is 0.415 e. The molecular weight excluding hydrogens is 460 g/mol. The van der Waals surface area contributed by atoms with Crippen LogP contribution in [0, 0.1) is 0 Å². The Labute approximate surface area is 208 Å². The van der Waals surface area contributed by atoms with Crippen molar-refractivity contribution < 1.29 is 28.3 Å². The minimum absolute atomic E-state index is 0.243. The van der Waals surface area contributed by atoms with Crippen molar-refractivity contribution in [1.29, 1.82) is 0 Å². The number of alkyl carbamates (subject to hydrolysis) is 1. The van der Waals surface area contributed by atoms with Gasteiger partial charge in [-0.2, -0.15) is 0 Å². The van der Waals surface area contributed by atoms with Crippen molar-refractivity contribution in [2.75, 3.05) is 7.11 Å². The number of hydrogen-bond acceptors (Lipinski definition) is 7. The Morgan fingerprint density at radius 3 is 2.64 bits per heavy atom. The number of cyclic esters (lactones) is 1. The Kier molecular flexibility index (Phi) is 6.10. The van der Waals surface area contributed by atoms with E-state index in [1.165, 1.54) is 0 Å². The minimum Gasteiger partial charge on any atom is -0.497 e. The molecule has 0 radical (unpaired) electrons. The number of amides is 2. The van der Waals surface area contributed by atoms with Crippen LogP contribution in [0.4, 0.5) is 4.79 Å². The summed E-state index contributed by atoms with van der Waals surface area (Å²) in [6.07, 6.45) is 1.28. The van der Waals surface area contributed by atoms with Gasteiger partial charge in [-0.3, -0.25) is 10.1 Å². The first-order valence-corrected chi connectivity index (χ1v) is 11.8. The summed E-state index contributed by atoms with van der Waals surface area (Å²) < 4.78 is 22.3. The molecule has 1 aliphatic rings. The van der Waals surface area contributed by atoms with Crippen LogP contribution in [0.15, 0.2) is 65.2 Å². The highest BCUT2D eigenvalue weighted by Gasteiger charge is 2.44. The lowest BCUT2D eigenvalue weighted by atomic mass is 9.96. The summed E-state index contributed by atoms with van der Waals surface area (Å²) >= 11 is 0. The monoisotopic (exact) mass is 486 g/mol. The van der Waals surface area contributed by atoms with Gasteiger partial charge in [0.25, 0.3) is 5.91 Å². The summed E-state index contributed by atoms with van der Waals surface area (Å²) in [6.45, 7) is 3.71. The first-order chi connectivity index (χ1) is 17.4. The van der Waals surface area contributed by atoms with Crippen LogP contribution in [0.5, 0.6) is 17.2 Å². The zero-order valence-corrected chi connectivity index (χ0v) is 20.3. The van der Waals surface area contributed by atoms with Gasteiger partial charge in [0, 0.05) is 23.4 Å². The van der Waals surface area contributed by atoms with Gasteiger partial charge in [0.15, 0.2) is 11.2 Å². The van der Waals surface area contributed by atoms with Gasteiger partial charge in [0.1, 0.15) is 22.9 Å². The van der Waals surface area contributed by atoms with Gasteiger partial charge in [-0.05, 0) is 66.9 Å². The highest BCUT2D eigenvalue weighted by atomic mass is 16.6. The molecule has 184 valence electrons. The fraction of sp³-hybridized carbons (Fsp3) is 0.250. The third-order valence-corrected chi connectivity index (χ3v) is 6.21. The van der Waals surface area contributed by atoms with E-state index >= 15 is 0 Å². The molecular formula is C28H26N2O6. The van der Waals surface area contributed by atoms with Crippen LogP contribution in [0.1, 0.15) is 31.4 Å². The fourth-order valence-corrected chi connectivity index (χ4v) is 4.40.